The molecule has 2 unspecified atom stereocenters. The molecule has 134 valence electrons. The lowest BCUT2D eigenvalue weighted by Crippen LogP contribution is -2.58. The Labute approximate surface area is 144 Å². The maximum Gasteiger partial charge on any atom is 0.312 e. The van der Waals surface area contributed by atoms with Gasteiger partial charge in [0.05, 0.1) is 16.6 Å². The summed E-state index contributed by atoms with van der Waals surface area (Å²) in [4.78, 5) is 24.8. The molecule has 0 amide bonds. The van der Waals surface area contributed by atoms with Crippen molar-refractivity contribution < 1.29 is 28.2 Å². The molecular weight excluding hydrogens is 330 g/mol. The average Bonchev–Trinajstić information content (AvgIpc) is 2.52. The second-order valence-corrected chi connectivity index (χ2v) is 8.09. The second-order valence-electron chi connectivity index (χ2n) is 8.09. The van der Waals surface area contributed by atoms with Crippen LogP contribution in [0.5, 0.6) is 0 Å². The summed E-state index contributed by atoms with van der Waals surface area (Å²) in [5.41, 5.74) is -1.96. The van der Waals surface area contributed by atoms with Gasteiger partial charge in [-0.25, -0.2) is 8.78 Å². The molecule has 0 aliphatic heterocycles. The van der Waals surface area contributed by atoms with Gasteiger partial charge in [-0.15, -0.1) is 0 Å². The summed E-state index contributed by atoms with van der Waals surface area (Å²) >= 11 is 0. The van der Waals surface area contributed by atoms with Crippen molar-refractivity contribution in [1.82, 2.24) is 0 Å². The molecule has 4 nitrogen and oxygen atoms in total. The molecule has 4 saturated carbocycles. The molecule has 5 rings (SSSR count). The fraction of sp³-hybridized carbons (Fsp3) is 0.579. The molecule has 0 saturated heterocycles. The summed E-state index contributed by atoms with van der Waals surface area (Å²) in [6, 6.07) is 2.60. The van der Waals surface area contributed by atoms with Crippen LogP contribution in [-0.4, -0.2) is 29.1 Å². The van der Waals surface area contributed by atoms with Crippen LogP contribution in [0.2, 0.25) is 0 Å². The number of carbonyl (C=O) groups excluding carboxylic acids is 2. The highest BCUT2D eigenvalue weighted by molar-refractivity contribution is 5.98. The largest absolute Gasteiger partial charge is 0.457 e. The zero-order chi connectivity index (χ0) is 17.8. The molecule has 0 heterocycles. The third kappa shape index (κ3) is 2.86. The van der Waals surface area contributed by atoms with Gasteiger partial charge >= 0.3 is 5.97 Å². The van der Waals surface area contributed by atoms with Crippen molar-refractivity contribution in [3.8, 4) is 0 Å². The molecule has 1 aromatic rings. The van der Waals surface area contributed by atoms with Gasteiger partial charge in [-0.3, -0.25) is 9.59 Å². The zero-order valence-electron chi connectivity index (χ0n) is 13.8. The Kier molecular flexibility index (Phi) is 3.72. The van der Waals surface area contributed by atoms with E-state index in [4.69, 9.17) is 4.74 Å². The van der Waals surface area contributed by atoms with E-state index >= 15 is 0 Å². The van der Waals surface area contributed by atoms with Gasteiger partial charge in [0.2, 0.25) is 5.78 Å². The highest BCUT2D eigenvalue weighted by Crippen LogP contribution is 2.61. The van der Waals surface area contributed by atoms with E-state index in [-0.39, 0.29) is 0 Å². The lowest BCUT2D eigenvalue weighted by molar-refractivity contribution is -0.195. The number of carbonyl (C=O) groups is 2. The molecule has 1 N–H and O–H groups in total. The van der Waals surface area contributed by atoms with Gasteiger partial charge in [0.1, 0.15) is 11.6 Å². The van der Waals surface area contributed by atoms with Gasteiger partial charge in [0.25, 0.3) is 0 Å². The Morgan fingerprint density at radius 3 is 2.48 bits per heavy atom. The van der Waals surface area contributed by atoms with E-state index in [2.05, 4.69) is 0 Å². The third-order valence-corrected chi connectivity index (χ3v) is 6.03. The summed E-state index contributed by atoms with van der Waals surface area (Å²) in [5.74, 6) is -2.20. The van der Waals surface area contributed by atoms with Crippen molar-refractivity contribution in [3.05, 3.63) is 35.4 Å². The first-order chi connectivity index (χ1) is 11.8. The van der Waals surface area contributed by atoms with E-state index in [1.807, 2.05) is 0 Å². The summed E-state index contributed by atoms with van der Waals surface area (Å²) < 4.78 is 32.0. The number of esters is 1. The van der Waals surface area contributed by atoms with E-state index in [0.29, 0.717) is 31.1 Å². The Balaban J connectivity index is 1.46. The number of benzene rings is 1. The van der Waals surface area contributed by atoms with Crippen LogP contribution in [0, 0.1) is 28.9 Å². The molecule has 0 radical (unpaired) electrons. The maximum absolute atomic E-state index is 13.6. The van der Waals surface area contributed by atoms with Gasteiger partial charge < -0.3 is 9.84 Å². The minimum atomic E-state index is -0.841. The van der Waals surface area contributed by atoms with Crippen LogP contribution in [0.3, 0.4) is 0 Å². The number of aliphatic hydroxyl groups is 1. The van der Waals surface area contributed by atoms with E-state index in [9.17, 15) is 23.5 Å². The van der Waals surface area contributed by atoms with Crippen molar-refractivity contribution >= 4 is 11.8 Å². The quantitative estimate of drug-likeness (QED) is 0.670. The molecule has 0 aromatic heterocycles. The maximum atomic E-state index is 13.6. The van der Waals surface area contributed by atoms with Crippen LogP contribution in [0.15, 0.2) is 18.2 Å². The number of Topliss-reactive ketones (excluding diaryl/α,β-unsaturated/α-hetero) is 1. The monoisotopic (exact) mass is 350 g/mol. The average molecular weight is 350 g/mol. The standard InChI is InChI=1S/C19H20F2O4/c20-13-1-2-15(21)14(4-13)16(22)9-25-17(23)18-5-11-3-12(6-18)8-19(24,7-11)10-18/h1-2,4,11-12,24H,3,5-10H2. The van der Waals surface area contributed by atoms with E-state index in [1.54, 1.807) is 0 Å². The summed E-state index contributed by atoms with van der Waals surface area (Å²) in [6.45, 7) is -0.616. The van der Waals surface area contributed by atoms with Crippen LogP contribution in [0.4, 0.5) is 8.78 Å². The van der Waals surface area contributed by atoms with E-state index < -0.39 is 46.6 Å². The number of hydrogen-bond acceptors (Lipinski definition) is 4. The van der Waals surface area contributed by atoms with Crippen LogP contribution >= 0.6 is 0 Å². The Morgan fingerprint density at radius 1 is 1.16 bits per heavy atom. The first-order valence-corrected chi connectivity index (χ1v) is 8.67. The van der Waals surface area contributed by atoms with Crippen molar-refractivity contribution in [1.29, 1.82) is 0 Å². The van der Waals surface area contributed by atoms with Gasteiger partial charge in [-0.1, -0.05) is 0 Å². The third-order valence-electron chi connectivity index (χ3n) is 6.03. The van der Waals surface area contributed by atoms with Crippen LogP contribution < -0.4 is 0 Å². The summed E-state index contributed by atoms with van der Waals surface area (Å²) in [7, 11) is 0. The lowest BCUT2D eigenvalue weighted by atomic mass is 9.48. The Morgan fingerprint density at radius 2 is 1.84 bits per heavy atom. The minimum absolute atomic E-state index is 0.315. The highest BCUT2D eigenvalue weighted by atomic mass is 19.1. The molecule has 4 bridgehead atoms. The topological polar surface area (TPSA) is 63.6 Å². The summed E-state index contributed by atoms with van der Waals surface area (Å²) in [6.07, 6.45) is 4.21. The number of rotatable bonds is 4. The van der Waals surface area contributed by atoms with Gasteiger partial charge in [0, 0.05) is 0 Å². The number of ether oxygens (including phenoxy) is 1. The lowest BCUT2D eigenvalue weighted by Gasteiger charge is -2.58. The highest BCUT2D eigenvalue weighted by Gasteiger charge is 2.60. The predicted molar refractivity (Wildman–Crippen MR) is 83.7 cm³/mol. The van der Waals surface area contributed by atoms with Gasteiger partial charge in [-0.05, 0) is 68.6 Å². The molecule has 25 heavy (non-hydrogen) atoms. The molecule has 1 aromatic carbocycles. The molecule has 4 aliphatic rings. The molecule has 4 fully saturated rings. The fourth-order valence-corrected chi connectivity index (χ4v) is 5.53. The summed E-state index contributed by atoms with van der Waals surface area (Å²) in [5, 5.41) is 10.7. The number of ketones is 1. The first-order valence-electron chi connectivity index (χ1n) is 8.67. The van der Waals surface area contributed by atoms with E-state index in [0.717, 1.165) is 37.5 Å². The predicted octanol–water partition coefficient (Wildman–Crippen LogP) is 3.02. The minimum Gasteiger partial charge on any atom is -0.457 e. The van der Waals surface area contributed by atoms with Crippen LogP contribution in [0.1, 0.15) is 48.9 Å². The molecule has 6 heteroatoms. The van der Waals surface area contributed by atoms with E-state index in [1.165, 1.54) is 0 Å². The zero-order valence-corrected chi connectivity index (χ0v) is 13.8. The Bertz CT molecular complexity index is 731. The normalized spacial score (nSPS) is 35.6. The Hall–Kier alpha value is -1.82. The van der Waals surface area contributed by atoms with Crippen molar-refractivity contribution in [2.24, 2.45) is 17.3 Å². The molecule has 0 spiro atoms. The molecule has 2 atom stereocenters. The number of halogens is 2. The second kappa shape index (κ2) is 5.59. The van der Waals surface area contributed by atoms with Gasteiger partial charge in [0.15, 0.2) is 6.61 Å². The van der Waals surface area contributed by atoms with Crippen molar-refractivity contribution in [2.75, 3.05) is 6.61 Å². The van der Waals surface area contributed by atoms with Crippen molar-refractivity contribution in [2.45, 2.75) is 44.1 Å². The van der Waals surface area contributed by atoms with Crippen molar-refractivity contribution in [3.63, 3.8) is 0 Å². The number of hydrogen-bond donors (Lipinski definition) is 1. The smallest absolute Gasteiger partial charge is 0.312 e. The fourth-order valence-electron chi connectivity index (χ4n) is 5.53. The first kappa shape index (κ1) is 16.6. The van der Waals surface area contributed by atoms with Crippen LogP contribution in [-0.2, 0) is 9.53 Å². The van der Waals surface area contributed by atoms with Crippen LogP contribution in [0.25, 0.3) is 0 Å². The van der Waals surface area contributed by atoms with Gasteiger partial charge in [-0.2, -0.15) is 0 Å². The molecular formula is C19H20F2O4. The SMILES string of the molecule is O=C(COC(=O)C12CC3CC(CC(O)(C3)C1)C2)c1cc(F)ccc1F. The molecule has 4 aliphatic carbocycles.